The van der Waals surface area contributed by atoms with Crippen LogP contribution in [0.15, 0.2) is 59.5 Å². The van der Waals surface area contributed by atoms with Crippen LogP contribution < -0.4 is 0 Å². The number of urea groups is 1. The van der Waals surface area contributed by atoms with Crippen molar-refractivity contribution in [1.29, 1.82) is 0 Å². The molecule has 2 atom stereocenters. The summed E-state index contributed by atoms with van der Waals surface area (Å²) in [4.78, 5) is 34.5. The normalized spacial score (nSPS) is 25.1. The zero-order valence-electron chi connectivity index (χ0n) is 25.0. The van der Waals surface area contributed by atoms with E-state index in [1.54, 1.807) is 29.2 Å². The van der Waals surface area contributed by atoms with Gasteiger partial charge in [-0.15, -0.1) is 12.4 Å². The Kier molecular flexibility index (Phi) is 9.31. The Balaban J connectivity index is 0.00000384. The van der Waals surface area contributed by atoms with Crippen molar-refractivity contribution in [3.05, 3.63) is 65.7 Å². The lowest BCUT2D eigenvalue weighted by atomic mass is 9.76. The summed E-state index contributed by atoms with van der Waals surface area (Å²) in [6.07, 6.45) is 3.29. The van der Waals surface area contributed by atoms with Gasteiger partial charge in [0.05, 0.1) is 16.9 Å². The van der Waals surface area contributed by atoms with Gasteiger partial charge in [-0.1, -0.05) is 42.5 Å². The predicted molar refractivity (Wildman–Crippen MR) is 166 cm³/mol. The molecule has 1 spiro atoms. The summed E-state index contributed by atoms with van der Waals surface area (Å²) in [7, 11) is -3.26. The minimum Gasteiger partial charge on any atom is -0.338 e. The maximum absolute atomic E-state index is 13.8. The number of benzene rings is 2. The van der Waals surface area contributed by atoms with E-state index in [1.165, 1.54) is 11.2 Å². The first-order valence-electron chi connectivity index (χ1n) is 15.2. The number of hydrogen-bond donors (Lipinski definition) is 0. The van der Waals surface area contributed by atoms with Gasteiger partial charge in [0.2, 0.25) is 5.91 Å². The summed E-state index contributed by atoms with van der Waals surface area (Å²) in [5, 5.41) is 0. The topological polar surface area (TPSA) is 81.2 Å². The minimum atomic E-state index is -3.26. The summed E-state index contributed by atoms with van der Waals surface area (Å²) in [5.74, 6) is -2.33. The van der Waals surface area contributed by atoms with E-state index in [0.29, 0.717) is 26.2 Å². The predicted octanol–water partition coefficient (Wildman–Crippen LogP) is 4.50. The summed E-state index contributed by atoms with van der Waals surface area (Å²) < 4.78 is 51.2. The highest BCUT2D eigenvalue weighted by molar-refractivity contribution is 7.90. The van der Waals surface area contributed by atoms with Crippen LogP contribution >= 0.6 is 12.4 Å². The average Bonchev–Trinajstić information content (AvgIpc) is 3.66. The molecule has 8 nitrogen and oxygen atoms in total. The molecular formula is C32H41ClF2N4O4S. The van der Waals surface area contributed by atoms with Gasteiger partial charge in [-0.25, -0.2) is 22.0 Å². The lowest BCUT2D eigenvalue weighted by Crippen LogP contribution is -2.46. The van der Waals surface area contributed by atoms with E-state index >= 15 is 0 Å². The molecular weight excluding hydrogens is 610 g/mol. The van der Waals surface area contributed by atoms with Crippen LogP contribution in [0.25, 0.3) is 0 Å². The Morgan fingerprint density at radius 1 is 0.886 bits per heavy atom. The lowest BCUT2D eigenvalue weighted by molar-refractivity contribution is -0.139. The third kappa shape index (κ3) is 6.74. The van der Waals surface area contributed by atoms with Crippen LogP contribution in [0.3, 0.4) is 0 Å². The maximum atomic E-state index is 13.8. The number of nitrogens with zero attached hydrogens (tertiary/aromatic N) is 4. The molecule has 12 heteroatoms. The van der Waals surface area contributed by atoms with Crippen molar-refractivity contribution in [3.8, 4) is 0 Å². The van der Waals surface area contributed by atoms with Crippen molar-refractivity contribution in [1.82, 2.24) is 19.6 Å². The standard InChI is InChI=1S/C32H40F2N4O4S.ClH/c1-43(41,42)27-9-7-24(8-10-27)19-36-17-13-31(29(36)39)11-15-35(16-12-31)20-26-21-38(22-28(26)25-5-3-2-4-6-25)30(40)37-18-14-32(33,34)23-37;/h2-10,26,28H,11-23H2,1H3;1H/t26-,28+;/m0./s1. The summed E-state index contributed by atoms with van der Waals surface area (Å²) in [6, 6.07) is 16.6. The number of alkyl halides is 2. The van der Waals surface area contributed by atoms with E-state index in [9.17, 15) is 26.8 Å². The number of rotatable bonds is 6. The summed E-state index contributed by atoms with van der Waals surface area (Å²) >= 11 is 0. The van der Waals surface area contributed by atoms with Crippen molar-refractivity contribution < 1.29 is 26.8 Å². The number of halogens is 3. The lowest BCUT2D eigenvalue weighted by Gasteiger charge is -2.39. The molecule has 2 aromatic rings. The zero-order chi connectivity index (χ0) is 30.4. The fourth-order valence-electron chi connectivity index (χ4n) is 7.45. The van der Waals surface area contributed by atoms with E-state index in [-0.39, 0.29) is 59.5 Å². The number of carbonyl (C=O) groups excluding carboxylic acids is 2. The second kappa shape index (κ2) is 12.6. The number of carbonyl (C=O) groups is 2. The smallest absolute Gasteiger partial charge is 0.320 e. The molecule has 4 saturated heterocycles. The molecule has 0 saturated carbocycles. The molecule has 0 N–H and O–H groups in total. The van der Waals surface area contributed by atoms with Crippen molar-refractivity contribution in [2.24, 2.45) is 11.3 Å². The first kappa shape index (κ1) is 32.6. The molecule has 44 heavy (non-hydrogen) atoms. The molecule has 4 aliphatic rings. The SMILES string of the molecule is CS(=O)(=O)c1ccc(CN2CCC3(CCN(C[C@H]4CN(C(=O)N5CCC(F)(F)C5)C[C@@H]4c4ccccc4)CC3)C2=O)cc1.Cl. The molecule has 4 heterocycles. The van der Waals surface area contributed by atoms with E-state index in [0.717, 1.165) is 50.0 Å². The quantitative estimate of drug-likeness (QED) is 0.460. The van der Waals surface area contributed by atoms with Crippen LogP contribution in [0.4, 0.5) is 13.6 Å². The van der Waals surface area contributed by atoms with E-state index < -0.39 is 22.3 Å². The minimum absolute atomic E-state index is 0. The second-order valence-electron chi connectivity index (χ2n) is 13.0. The highest BCUT2D eigenvalue weighted by atomic mass is 35.5. The molecule has 0 bridgehead atoms. The number of amides is 3. The van der Waals surface area contributed by atoms with Gasteiger partial charge in [-0.2, -0.15) is 0 Å². The van der Waals surface area contributed by atoms with E-state index in [1.807, 2.05) is 23.1 Å². The number of likely N-dealkylation sites (tertiary alicyclic amines) is 4. The van der Waals surface area contributed by atoms with Crippen molar-refractivity contribution in [2.45, 2.75) is 49.0 Å². The monoisotopic (exact) mass is 650 g/mol. The average molecular weight is 651 g/mol. The fourth-order valence-corrected chi connectivity index (χ4v) is 8.09. The van der Waals surface area contributed by atoms with Gasteiger partial charge in [0.25, 0.3) is 5.92 Å². The Bertz CT molecular complexity index is 1450. The van der Waals surface area contributed by atoms with E-state index in [2.05, 4.69) is 17.0 Å². The van der Waals surface area contributed by atoms with Crippen molar-refractivity contribution in [2.75, 3.05) is 58.6 Å². The van der Waals surface area contributed by atoms with Crippen LogP contribution in [0.1, 0.15) is 42.7 Å². The summed E-state index contributed by atoms with van der Waals surface area (Å²) in [5.41, 5.74) is 1.72. The number of piperidine rings is 1. The highest BCUT2D eigenvalue weighted by Crippen LogP contribution is 2.43. The molecule has 0 aromatic heterocycles. The van der Waals surface area contributed by atoms with E-state index in [4.69, 9.17) is 0 Å². The largest absolute Gasteiger partial charge is 0.338 e. The molecule has 0 radical (unpaired) electrons. The van der Waals surface area contributed by atoms with Gasteiger partial charge in [0, 0.05) is 57.9 Å². The molecule has 0 unspecified atom stereocenters. The zero-order valence-corrected chi connectivity index (χ0v) is 26.7. The molecule has 240 valence electrons. The van der Waals surface area contributed by atoms with Crippen LogP contribution in [-0.4, -0.2) is 104 Å². The molecule has 4 fully saturated rings. The van der Waals surface area contributed by atoms with Gasteiger partial charge in [-0.05, 0) is 61.5 Å². The first-order valence-corrected chi connectivity index (χ1v) is 17.1. The van der Waals surface area contributed by atoms with Gasteiger partial charge in [0.15, 0.2) is 9.84 Å². The van der Waals surface area contributed by atoms with Gasteiger partial charge in [0.1, 0.15) is 0 Å². The number of sulfone groups is 1. The molecule has 0 aliphatic carbocycles. The third-order valence-corrected chi connectivity index (χ3v) is 11.1. The maximum Gasteiger partial charge on any atom is 0.320 e. The number of hydrogen-bond acceptors (Lipinski definition) is 5. The van der Waals surface area contributed by atoms with Gasteiger partial charge < -0.3 is 19.6 Å². The van der Waals surface area contributed by atoms with Crippen LogP contribution in [-0.2, 0) is 21.2 Å². The van der Waals surface area contributed by atoms with Crippen LogP contribution in [0.2, 0.25) is 0 Å². The fraction of sp³-hybridized carbons (Fsp3) is 0.562. The molecule has 2 aromatic carbocycles. The molecule has 3 amide bonds. The van der Waals surface area contributed by atoms with Crippen LogP contribution in [0.5, 0.6) is 0 Å². The first-order chi connectivity index (χ1) is 20.4. The Morgan fingerprint density at radius 2 is 1.55 bits per heavy atom. The highest BCUT2D eigenvalue weighted by Gasteiger charge is 2.49. The van der Waals surface area contributed by atoms with Crippen molar-refractivity contribution >= 4 is 34.2 Å². The van der Waals surface area contributed by atoms with Crippen LogP contribution in [0, 0.1) is 11.3 Å². The Morgan fingerprint density at radius 3 is 2.16 bits per heavy atom. The van der Waals surface area contributed by atoms with Gasteiger partial charge in [-0.3, -0.25) is 4.79 Å². The molecule has 6 rings (SSSR count). The van der Waals surface area contributed by atoms with Gasteiger partial charge >= 0.3 is 6.03 Å². The van der Waals surface area contributed by atoms with Crippen molar-refractivity contribution in [3.63, 3.8) is 0 Å². The second-order valence-corrected chi connectivity index (χ2v) is 15.0. The Labute approximate surface area is 264 Å². The summed E-state index contributed by atoms with van der Waals surface area (Å²) in [6.45, 7) is 4.20. The Hall–Kier alpha value is -2.76. The third-order valence-electron chi connectivity index (χ3n) is 10.0. The molecule has 4 aliphatic heterocycles.